The molecule has 17 heavy (non-hydrogen) atoms. The van der Waals surface area contributed by atoms with Crippen molar-refractivity contribution >= 4 is 5.91 Å². The molecule has 1 fully saturated rings. The molecule has 0 spiro atoms. The fraction of sp³-hybridized carbons (Fsp3) is 0.538. The van der Waals surface area contributed by atoms with Crippen molar-refractivity contribution in [3.63, 3.8) is 0 Å². The second-order valence-corrected chi connectivity index (χ2v) is 4.84. The van der Waals surface area contributed by atoms with Gasteiger partial charge in [-0.15, -0.1) is 0 Å². The van der Waals surface area contributed by atoms with Gasteiger partial charge in [-0.1, -0.05) is 18.9 Å². The van der Waals surface area contributed by atoms with Crippen LogP contribution in [0.2, 0.25) is 0 Å². The Morgan fingerprint density at radius 2 is 2.24 bits per heavy atom. The van der Waals surface area contributed by atoms with Gasteiger partial charge in [-0.2, -0.15) is 0 Å². The van der Waals surface area contributed by atoms with Crippen LogP contribution in [0.15, 0.2) is 24.5 Å². The monoisotopic (exact) mass is 233 g/mol. The van der Waals surface area contributed by atoms with Gasteiger partial charge in [-0.05, 0) is 31.4 Å². The fourth-order valence-electron chi connectivity index (χ4n) is 2.29. The maximum atomic E-state index is 12.1. The molecule has 2 rings (SSSR count). The van der Waals surface area contributed by atoms with Crippen molar-refractivity contribution in [3.8, 4) is 0 Å². The van der Waals surface area contributed by atoms with E-state index in [2.05, 4.69) is 10.3 Å². The topological polar surface area (TPSA) is 68.0 Å². The molecule has 1 aliphatic carbocycles. The highest BCUT2D eigenvalue weighted by atomic mass is 16.2. The molecular formula is C13H19N3O. The number of nitrogens with one attached hydrogen (secondary N) is 1. The number of amides is 1. The molecule has 4 nitrogen and oxygen atoms in total. The van der Waals surface area contributed by atoms with Crippen molar-refractivity contribution in [3.05, 3.63) is 30.1 Å². The van der Waals surface area contributed by atoms with E-state index in [4.69, 9.17) is 5.73 Å². The maximum absolute atomic E-state index is 12.1. The molecule has 1 unspecified atom stereocenters. The summed E-state index contributed by atoms with van der Waals surface area (Å²) in [6.45, 7) is 1.95. The summed E-state index contributed by atoms with van der Waals surface area (Å²) < 4.78 is 0. The van der Waals surface area contributed by atoms with Gasteiger partial charge >= 0.3 is 0 Å². The molecule has 1 heterocycles. The Morgan fingerprint density at radius 3 is 2.82 bits per heavy atom. The van der Waals surface area contributed by atoms with Gasteiger partial charge in [0.2, 0.25) is 5.91 Å². The van der Waals surface area contributed by atoms with Gasteiger partial charge in [0, 0.05) is 12.4 Å². The van der Waals surface area contributed by atoms with E-state index in [-0.39, 0.29) is 11.9 Å². The van der Waals surface area contributed by atoms with E-state index in [9.17, 15) is 4.79 Å². The zero-order valence-corrected chi connectivity index (χ0v) is 10.1. The zero-order chi connectivity index (χ0) is 12.3. The summed E-state index contributed by atoms with van der Waals surface area (Å²) in [5.41, 5.74) is 6.45. The number of nitrogens with two attached hydrogens (primary N) is 1. The highest BCUT2D eigenvalue weighted by Gasteiger charge is 2.37. The molecule has 0 saturated heterocycles. The lowest BCUT2D eigenvalue weighted by Crippen LogP contribution is -2.52. The number of hydrogen-bond acceptors (Lipinski definition) is 3. The minimum absolute atomic E-state index is 0.0358. The Balaban J connectivity index is 1.99. The minimum Gasteiger partial charge on any atom is -0.348 e. The quantitative estimate of drug-likeness (QED) is 0.832. The summed E-state index contributed by atoms with van der Waals surface area (Å²) in [7, 11) is 0. The van der Waals surface area contributed by atoms with Crippen LogP contribution in [0.5, 0.6) is 0 Å². The molecule has 0 bridgehead atoms. The third kappa shape index (κ3) is 2.64. The van der Waals surface area contributed by atoms with E-state index in [1.807, 2.05) is 19.1 Å². The Hall–Kier alpha value is -1.42. The van der Waals surface area contributed by atoms with Gasteiger partial charge in [-0.25, -0.2) is 0 Å². The van der Waals surface area contributed by atoms with Crippen LogP contribution in [0, 0.1) is 0 Å². The van der Waals surface area contributed by atoms with E-state index in [1.54, 1.807) is 12.4 Å². The van der Waals surface area contributed by atoms with Crippen molar-refractivity contribution in [2.75, 3.05) is 0 Å². The van der Waals surface area contributed by atoms with Crippen LogP contribution in [0.3, 0.4) is 0 Å². The number of aromatic nitrogens is 1. The lowest BCUT2D eigenvalue weighted by atomic mass is 9.97. The lowest BCUT2D eigenvalue weighted by molar-refractivity contribution is -0.126. The van der Waals surface area contributed by atoms with Crippen LogP contribution in [0.25, 0.3) is 0 Å². The fourth-order valence-corrected chi connectivity index (χ4v) is 2.29. The van der Waals surface area contributed by atoms with Gasteiger partial charge in [0.15, 0.2) is 0 Å². The molecule has 3 N–H and O–H groups in total. The molecule has 1 aromatic heterocycles. The molecule has 4 heteroatoms. The molecule has 1 saturated carbocycles. The van der Waals surface area contributed by atoms with Crippen LogP contribution in [0.1, 0.15) is 44.2 Å². The zero-order valence-electron chi connectivity index (χ0n) is 10.1. The Labute approximate surface area is 102 Å². The highest BCUT2D eigenvalue weighted by Crippen LogP contribution is 2.28. The smallest absolute Gasteiger partial charge is 0.240 e. The average molecular weight is 233 g/mol. The number of pyridine rings is 1. The molecule has 1 aromatic rings. The third-order valence-corrected chi connectivity index (χ3v) is 3.48. The summed E-state index contributed by atoms with van der Waals surface area (Å²) in [5, 5.41) is 2.97. The van der Waals surface area contributed by atoms with E-state index in [0.717, 1.165) is 31.2 Å². The van der Waals surface area contributed by atoms with Crippen molar-refractivity contribution in [1.29, 1.82) is 0 Å². The van der Waals surface area contributed by atoms with Crippen molar-refractivity contribution < 1.29 is 4.79 Å². The first-order valence-corrected chi connectivity index (χ1v) is 6.12. The van der Waals surface area contributed by atoms with Crippen LogP contribution >= 0.6 is 0 Å². The molecule has 0 aliphatic heterocycles. The van der Waals surface area contributed by atoms with Crippen molar-refractivity contribution in [2.24, 2.45) is 5.73 Å². The van der Waals surface area contributed by atoms with E-state index >= 15 is 0 Å². The molecule has 0 aromatic carbocycles. The Morgan fingerprint density at radius 1 is 1.53 bits per heavy atom. The predicted octanol–water partition coefficient (Wildman–Crippen LogP) is 1.53. The highest BCUT2D eigenvalue weighted by molar-refractivity contribution is 5.86. The summed E-state index contributed by atoms with van der Waals surface area (Å²) in [4.78, 5) is 16.1. The largest absolute Gasteiger partial charge is 0.348 e. The molecule has 1 aliphatic rings. The molecule has 92 valence electrons. The Bertz CT molecular complexity index is 385. The average Bonchev–Trinajstić information content (AvgIpc) is 2.78. The number of nitrogens with zero attached hydrogens (tertiary/aromatic N) is 1. The summed E-state index contributed by atoms with van der Waals surface area (Å²) in [6, 6.07) is 3.78. The second-order valence-electron chi connectivity index (χ2n) is 4.84. The maximum Gasteiger partial charge on any atom is 0.240 e. The summed E-state index contributed by atoms with van der Waals surface area (Å²) in [6.07, 6.45) is 7.16. The molecule has 0 radical (unpaired) electrons. The molecular weight excluding hydrogens is 214 g/mol. The van der Waals surface area contributed by atoms with Crippen molar-refractivity contribution in [1.82, 2.24) is 10.3 Å². The van der Waals surface area contributed by atoms with Crippen LogP contribution in [0.4, 0.5) is 0 Å². The lowest BCUT2D eigenvalue weighted by Gasteiger charge is -2.25. The predicted molar refractivity (Wildman–Crippen MR) is 66.2 cm³/mol. The van der Waals surface area contributed by atoms with Gasteiger partial charge in [0.05, 0.1) is 11.6 Å². The van der Waals surface area contributed by atoms with E-state index in [0.29, 0.717) is 0 Å². The van der Waals surface area contributed by atoms with Crippen molar-refractivity contribution in [2.45, 2.75) is 44.2 Å². The summed E-state index contributed by atoms with van der Waals surface area (Å²) in [5.74, 6) is -0.0358. The standard InChI is InChI=1S/C13H19N3O/c1-10(11-5-4-8-15-9-11)16-12(17)13(14)6-2-3-7-13/h4-5,8-10H,2-3,6-7,14H2,1H3,(H,16,17). The van der Waals surface area contributed by atoms with Gasteiger partial charge in [-0.3, -0.25) is 9.78 Å². The Kier molecular flexibility index (Phi) is 3.43. The number of carbonyl (C=O) groups excluding carboxylic acids is 1. The number of hydrogen-bond donors (Lipinski definition) is 2. The first kappa shape index (κ1) is 12.0. The van der Waals surface area contributed by atoms with Crippen LogP contribution < -0.4 is 11.1 Å². The van der Waals surface area contributed by atoms with Gasteiger partial charge < -0.3 is 11.1 Å². The molecule has 1 amide bonds. The number of rotatable bonds is 3. The first-order chi connectivity index (χ1) is 8.12. The third-order valence-electron chi connectivity index (χ3n) is 3.48. The van der Waals surface area contributed by atoms with E-state index in [1.165, 1.54) is 0 Å². The molecule has 1 atom stereocenters. The summed E-state index contributed by atoms with van der Waals surface area (Å²) >= 11 is 0. The van der Waals surface area contributed by atoms with E-state index < -0.39 is 5.54 Å². The SMILES string of the molecule is CC(NC(=O)C1(N)CCCC1)c1cccnc1. The minimum atomic E-state index is -0.656. The number of carbonyl (C=O) groups is 1. The van der Waals surface area contributed by atoms with Crippen LogP contribution in [-0.2, 0) is 4.79 Å². The van der Waals surface area contributed by atoms with Crippen LogP contribution in [-0.4, -0.2) is 16.4 Å². The second kappa shape index (κ2) is 4.84. The van der Waals surface area contributed by atoms with Gasteiger partial charge in [0.25, 0.3) is 0 Å². The normalized spacial score (nSPS) is 19.9. The first-order valence-electron chi connectivity index (χ1n) is 6.12. The van der Waals surface area contributed by atoms with Gasteiger partial charge in [0.1, 0.15) is 0 Å².